The highest BCUT2D eigenvalue weighted by Crippen LogP contribution is 2.44. The Morgan fingerprint density at radius 3 is 2.36 bits per heavy atom. The lowest BCUT2D eigenvalue weighted by molar-refractivity contribution is 0.106. The fourth-order valence-corrected chi connectivity index (χ4v) is 1.78. The second-order valence-electron chi connectivity index (χ2n) is 4.19. The van der Waals surface area contributed by atoms with E-state index in [-0.39, 0.29) is 0 Å². The molecule has 2 fully saturated rings. The van der Waals surface area contributed by atoms with Crippen LogP contribution in [0.25, 0.3) is 0 Å². The number of rotatable bonds is 0. The van der Waals surface area contributed by atoms with Crippen LogP contribution in [0.3, 0.4) is 0 Å². The zero-order valence-corrected chi connectivity index (χ0v) is 8.40. The van der Waals surface area contributed by atoms with E-state index in [1.807, 2.05) is 0 Å². The lowest BCUT2D eigenvalue weighted by Gasteiger charge is -2.17. The molecule has 1 saturated carbocycles. The molecule has 2 amide bonds. The van der Waals surface area contributed by atoms with Crippen LogP contribution in [-0.4, -0.2) is 49.2 Å². The minimum atomic E-state index is -0.601. The van der Waals surface area contributed by atoms with Gasteiger partial charge in [0.1, 0.15) is 0 Å². The minimum Gasteiger partial charge on any atom is -0.359 e. The van der Waals surface area contributed by atoms with Crippen molar-refractivity contribution in [3.63, 3.8) is 0 Å². The van der Waals surface area contributed by atoms with E-state index in [2.05, 4.69) is 4.74 Å². The number of hydrogen-bond acceptors (Lipinski definition) is 3. The van der Waals surface area contributed by atoms with Gasteiger partial charge in [-0.05, 0) is 18.3 Å². The van der Waals surface area contributed by atoms with E-state index in [4.69, 9.17) is 0 Å². The molecule has 0 spiro atoms. The van der Waals surface area contributed by atoms with Gasteiger partial charge in [-0.25, -0.2) is 9.59 Å². The van der Waals surface area contributed by atoms with Crippen LogP contribution in [-0.2, 0) is 4.74 Å². The molecule has 0 bridgehead atoms. The molecule has 0 radical (unpaired) electrons. The fraction of sp³-hybridized carbons (Fsp3) is 0.778. The van der Waals surface area contributed by atoms with Crippen molar-refractivity contribution < 1.29 is 14.3 Å². The number of likely N-dealkylation sites (tertiary alicyclic amines) is 1. The molecule has 5 nitrogen and oxygen atoms in total. The van der Waals surface area contributed by atoms with Gasteiger partial charge in [0.25, 0.3) is 0 Å². The first-order valence-corrected chi connectivity index (χ1v) is 4.76. The molecule has 1 aliphatic heterocycles. The lowest BCUT2D eigenvalue weighted by atomic mass is 10.4. The predicted octanol–water partition coefficient (Wildman–Crippen LogP) is 0.756. The van der Waals surface area contributed by atoms with Crippen molar-refractivity contribution in [2.24, 2.45) is 11.8 Å². The highest BCUT2D eigenvalue weighted by atomic mass is 16.6. The molecule has 0 aromatic rings. The number of fused-ring (bicyclic) bond motifs is 1. The Kier molecular flexibility index (Phi) is 2.09. The van der Waals surface area contributed by atoms with Gasteiger partial charge >= 0.3 is 12.2 Å². The molecular formula is C9H14N2O3. The Labute approximate surface area is 82.6 Å². The van der Waals surface area contributed by atoms with Crippen molar-refractivity contribution in [2.45, 2.75) is 6.42 Å². The normalized spacial score (nSPS) is 28.3. The summed E-state index contributed by atoms with van der Waals surface area (Å²) in [5, 5.41) is 0. The number of nitrogens with zero attached hydrogens (tertiary/aromatic N) is 2. The Morgan fingerprint density at radius 1 is 1.29 bits per heavy atom. The molecule has 2 aliphatic rings. The van der Waals surface area contributed by atoms with E-state index in [0.717, 1.165) is 13.1 Å². The van der Waals surface area contributed by atoms with Crippen molar-refractivity contribution in [2.75, 3.05) is 27.2 Å². The molecule has 1 saturated heterocycles. The van der Waals surface area contributed by atoms with Crippen LogP contribution < -0.4 is 0 Å². The van der Waals surface area contributed by atoms with Crippen molar-refractivity contribution in [3.05, 3.63) is 0 Å². The largest absolute Gasteiger partial charge is 0.418 e. The summed E-state index contributed by atoms with van der Waals surface area (Å²) in [6, 6.07) is 0. The SMILES string of the molecule is CN(C)C(=O)OC(=O)N1CC2CC2C1. The summed E-state index contributed by atoms with van der Waals surface area (Å²) in [6.07, 6.45) is 0.122. The van der Waals surface area contributed by atoms with Gasteiger partial charge in [0.2, 0.25) is 0 Å². The monoisotopic (exact) mass is 198 g/mol. The second kappa shape index (κ2) is 3.15. The number of ether oxygens (including phenoxy) is 1. The predicted molar refractivity (Wildman–Crippen MR) is 48.7 cm³/mol. The zero-order valence-electron chi connectivity index (χ0n) is 8.40. The topological polar surface area (TPSA) is 49.9 Å². The van der Waals surface area contributed by atoms with Crippen LogP contribution in [0.5, 0.6) is 0 Å². The Bertz CT molecular complexity index is 267. The van der Waals surface area contributed by atoms with E-state index in [1.54, 1.807) is 19.0 Å². The summed E-state index contributed by atoms with van der Waals surface area (Å²) in [5.74, 6) is 1.33. The third-order valence-corrected chi connectivity index (χ3v) is 2.78. The van der Waals surface area contributed by atoms with Crippen LogP contribution in [0.4, 0.5) is 9.59 Å². The van der Waals surface area contributed by atoms with E-state index < -0.39 is 12.2 Å². The second-order valence-corrected chi connectivity index (χ2v) is 4.19. The molecule has 1 heterocycles. The number of carbonyl (C=O) groups is 2. The van der Waals surface area contributed by atoms with E-state index in [0.29, 0.717) is 11.8 Å². The summed E-state index contributed by atoms with van der Waals surface area (Å²) >= 11 is 0. The maximum atomic E-state index is 11.4. The van der Waals surface area contributed by atoms with E-state index in [9.17, 15) is 9.59 Å². The summed E-state index contributed by atoms with van der Waals surface area (Å²) in [4.78, 5) is 25.3. The molecule has 2 unspecified atom stereocenters. The first kappa shape index (κ1) is 9.30. The number of hydrogen-bond donors (Lipinski definition) is 0. The summed E-state index contributed by atoms with van der Waals surface area (Å²) in [6.45, 7) is 1.51. The van der Waals surface area contributed by atoms with Crippen molar-refractivity contribution in [1.82, 2.24) is 9.80 Å². The molecule has 0 aromatic heterocycles. The third kappa shape index (κ3) is 1.66. The average Bonchev–Trinajstić information content (AvgIpc) is 2.73. The summed E-state index contributed by atoms with van der Waals surface area (Å²) in [5.41, 5.74) is 0. The highest BCUT2D eigenvalue weighted by Gasteiger charge is 2.47. The third-order valence-electron chi connectivity index (χ3n) is 2.78. The molecule has 78 valence electrons. The quantitative estimate of drug-likeness (QED) is 0.540. The summed E-state index contributed by atoms with van der Waals surface area (Å²) < 4.78 is 4.64. The molecule has 2 rings (SSSR count). The van der Waals surface area contributed by atoms with Crippen LogP contribution >= 0.6 is 0 Å². The number of carbonyl (C=O) groups excluding carboxylic acids is 2. The minimum absolute atomic E-state index is 0.504. The van der Waals surface area contributed by atoms with Crippen LogP contribution in [0.1, 0.15) is 6.42 Å². The van der Waals surface area contributed by atoms with Gasteiger partial charge in [0.15, 0.2) is 0 Å². The van der Waals surface area contributed by atoms with Gasteiger partial charge in [-0.2, -0.15) is 0 Å². The molecule has 5 heteroatoms. The number of amides is 2. The van der Waals surface area contributed by atoms with Gasteiger partial charge in [0.05, 0.1) is 0 Å². The summed E-state index contributed by atoms with van der Waals surface area (Å²) in [7, 11) is 3.11. The Hall–Kier alpha value is -1.26. The maximum absolute atomic E-state index is 11.4. The molecule has 2 atom stereocenters. The average molecular weight is 198 g/mol. The molecule has 1 aliphatic carbocycles. The molecule has 0 N–H and O–H groups in total. The molecule has 14 heavy (non-hydrogen) atoms. The first-order chi connectivity index (χ1) is 6.58. The fourth-order valence-electron chi connectivity index (χ4n) is 1.78. The van der Waals surface area contributed by atoms with Gasteiger partial charge in [-0.3, -0.25) is 0 Å². The Morgan fingerprint density at radius 2 is 1.86 bits per heavy atom. The zero-order chi connectivity index (χ0) is 10.3. The Balaban J connectivity index is 1.81. The van der Waals surface area contributed by atoms with Gasteiger partial charge in [-0.15, -0.1) is 0 Å². The van der Waals surface area contributed by atoms with Crippen LogP contribution in [0.2, 0.25) is 0 Å². The van der Waals surface area contributed by atoms with Crippen molar-refractivity contribution in [3.8, 4) is 0 Å². The highest BCUT2D eigenvalue weighted by molar-refractivity contribution is 5.83. The molecular weight excluding hydrogens is 184 g/mol. The smallest absolute Gasteiger partial charge is 0.359 e. The number of piperidine rings is 1. The van der Waals surface area contributed by atoms with Crippen LogP contribution in [0, 0.1) is 11.8 Å². The standard InChI is InChI=1S/C9H14N2O3/c1-10(2)8(12)14-9(13)11-4-6-3-7(6)5-11/h6-7H,3-5H2,1-2H3. The lowest BCUT2D eigenvalue weighted by Crippen LogP contribution is -2.35. The van der Waals surface area contributed by atoms with Gasteiger partial charge in [-0.1, -0.05) is 0 Å². The van der Waals surface area contributed by atoms with E-state index in [1.165, 1.54) is 11.3 Å². The van der Waals surface area contributed by atoms with Crippen molar-refractivity contribution in [1.29, 1.82) is 0 Å². The van der Waals surface area contributed by atoms with Gasteiger partial charge < -0.3 is 14.5 Å². The first-order valence-electron chi connectivity index (χ1n) is 4.76. The van der Waals surface area contributed by atoms with Gasteiger partial charge in [0, 0.05) is 27.2 Å². The maximum Gasteiger partial charge on any atom is 0.418 e. The van der Waals surface area contributed by atoms with Crippen LogP contribution in [0.15, 0.2) is 0 Å². The van der Waals surface area contributed by atoms with E-state index >= 15 is 0 Å². The van der Waals surface area contributed by atoms with Crippen molar-refractivity contribution >= 4 is 12.2 Å². The molecule has 0 aromatic carbocycles.